The van der Waals surface area contributed by atoms with Crippen molar-refractivity contribution in [1.29, 1.82) is 0 Å². The van der Waals surface area contributed by atoms with Gasteiger partial charge < -0.3 is 15.0 Å². The number of carbonyl (C=O) groups excluding carboxylic acids is 1. The lowest BCUT2D eigenvalue weighted by Gasteiger charge is -2.38. The minimum Gasteiger partial charge on any atom is -0.378 e. The van der Waals surface area contributed by atoms with Crippen LogP contribution in [0.4, 0.5) is 0 Å². The number of nitrogens with zero attached hydrogens (tertiary/aromatic N) is 2. The van der Waals surface area contributed by atoms with Gasteiger partial charge in [0.2, 0.25) is 5.91 Å². The fourth-order valence-electron chi connectivity index (χ4n) is 3.23. The molecule has 21 heavy (non-hydrogen) atoms. The van der Waals surface area contributed by atoms with Crippen LogP contribution >= 0.6 is 0 Å². The summed E-state index contributed by atoms with van der Waals surface area (Å²) in [5.74, 6) is 1.05. The maximum Gasteiger partial charge on any atom is 0.239 e. The normalized spacial score (nSPS) is 23.2. The second kappa shape index (κ2) is 8.71. The van der Waals surface area contributed by atoms with Crippen molar-refractivity contribution in [2.75, 3.05) is 52.5 Å². The van der Waals surface area contributed by atoms with E-state index in [9.17, 15) is 4.79 Å². The van der Waals surface area contributed by atoms with Crippen molar-refractivity contribution in [3.8, 4) is 0 Å². The summed E-state index contributed by atoms with van der Waals surface area (Å²) in [7, 11) is 0. The molecule has 1 atom stereocenters. The maximum absolute atomic E-state index is 12.5. The van der Waals surface area contributed by atoms with Crippen LogP contribution in [0.1, 0.15) is 33.1 Å². The molecule has 2 aliphatic heterocycles. The highest BCUT2D eigenvalue weighted by atomic mass is 16.5. The molecule has 0 aromatic carbocycles. The fourth-order valence-corrected chi connectivity index (χ4v) is 3.23. The predicted molar refractivity (Wildman–Crippen MR) is 84.3 cm³/mol. The Morgan fingerprint density at radius 3 is 2.52 bits per heavy atom. The predicted octanol–water partition coefficient (Wildman–Crippen LogP) is 0.945. The van der Waals surface area contributed by atoms with Crippen molar-refractivity contribution >= 4 is 5.91 Å². The molecule has 0 spiro atoms. The zero-order valence-corrected chi connectivity index (χ0v) is 13.6. The molecule has 5 heteroatoms. The van der Waals surface area contributed by atoms with Crippen molar-refractivity contribution < 1.29 is 9.53 Å². The molecule has 2 aliphatic rings. The molecule has 2 fully saturated rings. The number of likely N-dealkylation sites (tertiary alicyclic amines) is 1. The second-order valence-electron chi connectivity index (χ2n) is 6.30. The zero-order valence-electron chi connectivity index (χ0n) is 13.6. The minimum absolute atomic E-state index is 0.0210. The molecule has 1 N–H and O–H groups in total. The van der Waals surface area contributed by atoms with Crippen molar-refractivity contribution in [3.63, 3.8) is 0 Å². The first kappa shape index (κ1) is 16.7. The lowest BCUT2D eigenvalue weighted by Crippen LogP contribution is -2.52. The molecule has 2 heterocycles. The molecule has 2 saturated heterocycles. The first-order valence-electron chi connectivity index (χ1n) is 8.53. The number of carbonyl (C=O) groups is 1. The monoisotopic (exact) mass is 297 g/mol. The van der Waals surface area contributed by atoms with Gasteiger partial charge in [-0.15, -0.1) is 0 Å². The fraction of sp³-hybridized carbons (Fsp3) is 0.938. The summed E-state index contributed by atoms with van der Waals surface area (Å²) in [6, 6.07) is 0.0210. The highest BCUT2D eigenvalue weighted by Gasteiger charge is 2.29. The van der Waals surface area contributed by atoms with E-state index in [2.05, 4.69) is 24.1 Å². The molecule has 1 unspecified atom stereocenters. The van der Waals surface area contributed by atoms with Crippen LogP contribution in [0.3, 0.4) is 0 Å². The summed E-state index contributed by atoms with van der Waals surface area (Å²) in [4.78, 5) is 16.8. The van der Waals surface area contributed by atoms with E-state index in [4.69, 9.17) is 4.74 Å². The smallest absolute Gasteiger partial charge is 0.239 e. The van der Waals surface area contributed by atoms with Crippen LogP contribution in [0.25, 0.3) is 0 Å². The van der Waals surface area contributed by atoms with Crippen molar-refractivity contribution in [2.45, 2.75) is 39.2 Å². The highest BCUT2D eigenvalue weighted by molar-refractivity contribution is 5.81. The topological polar surface area (TPSA) is 44.8 Å². The lowest BCUT2D eigenvalue weighted by molar-refractivity contribution is -0.141. The van der Waals surface area contributed by atoms with Gasteiger partial charge in [-0.1, -0.05) is 6.92 Å². The van der Waals surface area contributed by atoms with Gasteiger partial charge in [0.15, 0.2) is 0 Å². The first-order chi connectivity index (χ1) is 10.2. The third-order valence-electron chi connectivity index (χ3n) is 4.74. The number of rotatable bonds is 6. The molecular weight excluding hydrogens is 266 g/mol. The lowest BCUT2D eigenvalue weighted by atomic mass is 9.95. The van der Waals surface area contributed by atoms with Gasteiger partial charge in [0.05, 0.1) is 19.3 Å². The van der Waals surface area contributed by atoms with E-state index < -0.39 is 0 Å². The Labute approximate surface area is 129 Å². The van der Waals surface area contributed by atoms with E-state index in [-0.39, 0.29) is 11.9 Å². The van der Waals surface area contributed by atoms with Gasteiger partial charge in [-0.25, -0.2) is 0 Å². The van der Waals surface area contributed by atoms with Gasteiger partial charge in [0.1, 0.15) is 0 Å². The Morgan fingerprint density at radius 2 is 1.90 bits per heavy atom. The molecular formula is C16H31N3O2. The average molecular weight is 297 g/mol. The van der Waals surface area contributed by atoms with E-state index in [1.807, 2.05) is 4.90 Å². The van der Waals surface area contributed by atoms with Crippen LogP contribution in [-0.4, -0.2) is 74.2 Å². The van der Waals surface area contributed by atoms with Crippen LogP contribution in [0.5, 0.6) is 0 Å². The van der Waals surface area contributed by atoms with E-state index >= 15 is 0 Å². The molecule has 0 aromatic rings. The highest BCUT2D eigenvalue weighted by Crippen LogP contribution is 2.19. The Morgan fingerprint density at radius 1 is 1.24 bits per heavy atom. The largest absolute Gasteiger partial charge is 0.378 e. The van der Waals surface area contributed by atoms with E-state index in [1.165, 1.54) is 19.3 Å². The zero-order chi connectivity index (χ0) is 15.1. The molecule has 0 bridgehead atoms. The quantitative estimate of drug-likeness (QED) is 0.741. The van der Waals surface area contributed by atoms with Gasteiger partial charge in [0.25, 0.3) is 0 Å². The number of hydrogen-bond acceptors (Lipinski definition) is 4. The number of piperidine rings is 1. The summed E-state index contributed by atoms with van der Waals surface area (Å²) in [5, 5.41) is 3.52. The molecule has 0 saturated carbocycles. The summed E-state index contributed by atoms with van der Waals surface area (Å²) >= 11 is 0. The van der Waals surface area contributed by atoms with E-state index in [0.717, 1.165) is 45.2 Å². The van der Waals surface area contributed by atoms with Gasteiger partial charge in [-0.2, -0.15) is 0 Å². The Hall–Kier alpha value is -0.650. The molecule has 0 aromatic heterocycles. The molecule has 0 radical (unpaired) electrons. The van der Waals surface area contributed by atoms with Gasteiger partial charge >= 0.3 is 0 Å². The number of hydrogen-bond donors (Lipinski definition) is 1. The summed E-state index contributed by atoms with van der Waals surface area (Å²) < 4.78 is 5.32. The van der Waals surface area contributed by atoms with Crippen molar-refractivity contribution in [3.05, 3.63) is 0 Å². The van der Waals surface area contributed by atoms with Gasteiger partial charge in [-0.05, 0) is 58.3 Å². The van der Waals surface area contributed by atoms with Gasteiger partial charge in [-0.3, -0.25) is 9.69 Å². The average Bonchev–Trinajstić information content (AvgIpc) is 2.55. The molecule has 0 aliphatic carbocycles. The van der Waals surface area contributed by atoms with Crippen molar-refractivity contribution in [2.24, 2.45) is 5.92 Å². The van der Waals surface area contributed by atoms with Crippen LogP contribution < -0.4 is 5.32 Å². The third kappa shape index (κ3) is 4.94. The third-order valence-corrected chi connectivity index (χ3v) is 4.74. The first-order valence-corrected chi connectivity index (χ1v) is 8.53. The van der Waals surface area contributed by atoms with Gasteiger partial charge in [0, 0.05) is 13.1 Å². The van der Waals surface area contributed by atoms with Crippen LogP contribution in [-0.2, 0) is 9.53 Å². The Bertz CT molecular complexity index is 311. The summed E-state index contributed by atoms with van der Waals surface area (Å²) in [5.41, 5.74) is 0. The van der Waals surface area contributed by atoms with Crippen LogP contribution in [0.15, 0.2) is 0 Å². The number of nitrogens with one attached hydrogen (secondary N) is 1. The maximum atomic E-state index is 12.5. The number of ether oxygens (including phenoxy) is 1. The van der Waals surface area contributed by atoms with Crippen LogP contribution in [0.2, 0.25) is 0 Å². The molecule has 122 valence electrons. The SMILES string of the molecule is CCCNCC1CCN(C(C)C(=O)N2CCOCC2)CC1. The number of morpholine rings is 1. The van der Waals surface area contributed by atoms with Crippen LogP contribution in [0, 0.1) is 5.92 Å². The van der Waals surface area contributed by atoms with E-state index in [1.54, 1.807) is 0 Å². The standard InChI is InChI=1S/C16H31N3O2/c1-3-6-17-13-15-4-7-18(8-5-15)14(2)16(20)19-9-11-21-12-10-19/h14-15,17H,3-13H2,1-2H3. The minimum atomic E-state index is 0.0210. The molecule has 1 amide bonds. The Kier molecular flexibility index (Phi) is 6.93. The second-order valence-corrected chi connectivity index (χ2v) is 6.30. The molecule has 2 rings (SSSR count). The Balaban J connectivity index is 1.71. The summed E-state index contributed by atoms with van der Waals surface area (Å²) in [6.45, 7) is 11.5. The van der Waals surface area contributed by atoms with E-state index in [0.29, 0.717) is 13.2 Å². The molecule has 5 nitrogen and oxygen atoms in total. The summed E-state index contributed by atoms with van der Waals surface area (Å²) in [6.07, 6.45) is 3.61. The van der Waals surface area contributed by atoms with Crippen molar-refractivity contribution in [1.82, 2.24) is 15.1 Å². The number of amides is 1.